The average molecular weight is 385 g/mol. The third-order valence-electron chi connectivity index (χ3n) is 4.10. The first kappa shape index (κ1) is 18.9. The highest BCUT2D eigenvalue weighted by molar-refractivity contribution is 5.85. The number of halogens is 3. The monoisotopic (exact) mass is 385 g/mol. The zero-order valence-corrected chi connectivity index (χ0v) is 14.5. The summed E-state index contributed by atoms with van der Waals surface area (Å²) in [5, 5.41) is 12.6. The second-order valence-electron chi connectivity index (χ2n) is 6.00. The van der Waals surface area contributed by atoms with Gasteiger partial charge in [0, 0.05) is 12.1 Å². The summed E-state index contributed by atoms with van der Waals surface area (Å²) in [4.78, 5) is 13.8. The van der Waals surface area contributed by atoms with E-state index in [0.29, 0.717) is 30.6 Å². The molecule has 0 fully saturated rings. The van der Waals surface area contributed by atoms with Crippen LogP contribution in [0.5, 0.6) is 11.6 Å². The van der Waals surface area contributed by atoms with Crippen molar-refractivity contribution < 1.29 is 27.5 Å². The van der Waals surface area contributed by atoms with Gasteiger partial charge in [-0.25, -0.2) is 4.79 Å². The van der Waals surface area contributed by atoms with Crippen LogP contribution in [-0.4, -0.2) is 26.4 Å². The first-order valence-corrected chi connectivity index (χ1v) is 8.41. The maximum atomic E-state index is 13.0. The molecule has 10 heteroatoms. The molecule has 0 saturated carbocycles. The summed E-state index contributed by atoms with van der Waals surface area (Å²) in [6.07, 6.45) is -1.83. The van der Waals surface area contributed by atoms with E-state index in [1.54, 1.807) is 0 Å². The van der Waals surface area contributed by atoms with Gasteiger partial charge in [-0.15, -0.1) is 0 Å². The first-order valence-electron chi connectivity index (χ1n) is 8.41. The highest BCUT2D eigenvalue weighted by atomic mass is 19.4. The van der Waals surface area contributed by atoms with E-state index in [1.807, 2.05) is 6.92 Å². The van der Waals surface area contributed by atoms with E-state index in [2.05, 4.69) is 10.1 Å². The summed E-state index contributed by atoms with van der Waals surface area (Å²) < 4.78 is 50.9. The van der Waals surface area contributed by atoms with Crippen LogP contribution in [0.2, 0.25) is 0 Å². The number of benzene rings is 1. The number of imidazole rings is 1. The minimum atomic E-state index is -4.59. The fourth-order valence-corrected chi connectivity index (χ4v) is 2.87. The molecule has 0 saturated heterocycles. The lowest BCUT2D eigenvalue weighted by molar-refractivity contribution is -0.141. The number of aryl methyl sites for hydroxylation is 1. The maximum absolute atomic E-state index is 13.0. The van der Waals surface area contributed by atoms with Gasteiger partial charge >= 0.3 is 11.9 Å². The molecule has 0 aliphatic heterocycles. The van der Waals surface area contributed by atoms with Crippen LogP contribution in [0.3, 0.4) is 0 Å². The smallest absolute Gasteiger partial charge is 0.437 e. The van der Waals surface area contributed by atoms with E-state index in [9.17, 15) is 23.1 Å². The Balaban J connectivity index is 1.78. The van der Waals surface area contributed by atoms with Crippen molar-refractivity contribution in [3.63, 3.8) is 0 Å². The van der Waals surface area contributed by atoms with Crippen molar-refractivity contribution in [1.82, 2.24) is 14.7 Å². The van der Waals surface area contributed by atoms with Crippen LogP contribution in [0, 0.1) is 0 Å². The second kappa shape index (κ2) is 7.37. The third kappa shape index (κ3) is 3.79. The zero-order chi connectivity index (χ0) is 19.6. The van der Waals surface area contributed by atoms with E-state index in [-0.39, 0.29) is 30.0 Å². The maximum Gasteiger partial charge on any atom is 0.437 e. The standard InChI is InChI=1S/C17H18F3N3O4/c1-2-4-10-12(26-8-3-7-23-13(24)9-21-16(23)25)6-5-11-14(10)27-22-15(11)17(18,19)20/h5-6,9,24H,2-4,7-8H2,1H3,(H,21,25). The number of alkyl halides is 3. The predicted octanol–water partition coefficient (Wildman–Crippen LogP) is 3.46. The Morgan fingerprint density at radius 2 is 2.15 bits per heavy atom. The molecule has 146 valence electrons. The Bertz CT molecular complexity index is 988. The number of nitrogens with one attached hydrogen (secondary N) is 1. The Morgan fingerprint density at radius 3 is 2.78 bits per heavy atom. The van der Waals surface area contributed by atoms with Crippen molar-refractivity contribution in [3.8, 4) is 11.6 Å². The zero-order valence-electron chi connectivity index (χ0n) is 14.5. The topological polar surface area (TPSA) is 93.3 Å². The molecule has 0 aliphatic carbocycles. The van der Waals surface area contributed by atoms with Crippen LogP contribution in [-0.2, 0) is 19.1 Å². The summed E-state index contributed by atoms with van der Waals surface area (Å²) in [6, 6.07) is 2.76. The van der Waals surface area contributed by atoms with Gasteiger partial charge in [0.05, 0.1) is 18.2 Å². The second-order valence-corrected chi connectivity index (χ2v) is 6.00. The number of aromatic amines is 1. The molecule has 2 aromatic heterocycles. The van der Waals surface area contributed by atoms with Crippen LogP contribution >= 0.6 is 0 Å². The van der Waals surface area contributed by atoms with E-state index in [1.165, 1.54) is 18.3 Å². The van der Waals surface area contributed by atoms with Crippen LogP contribution in [0.25, 0.3) is 11.0 Å². The normalized spacial score (nSPS) is 12.0. The van der Waals surface area contributed by atoms with Crippen molar-refractivity contribution in [2.45, 2.75) is 38.9 Å². The van der Waals surface area contributed by atoms with Gasteiger partial charge in [0.2, 0.25) is 5.88 Å². The number of ether oxygens (including phenoxy) is 1. The Labute approximate surface area is 151 Å². The van der Waals surface area contributed by atoms with E-state index >= 15 is 0 Å². The summed E-state index contributed by atoms with van der Waals surface area (Å²) in [5.41, 5.74) is -0.883. The summed E-state index contributed by atoms with van der Waals surface area (Å²) in [6.45, 7) is 2.34. The number of H-pyrrole nitrogens is 1. The Kier molecular flexibility index (Phi) is 5.15. The molecule has 0 amide bonds. The number of hydrogen-bond acceptors (Lipinski definition) is 5. The van der Waals surface area contributed by atoms with Crippen LogP contribution in [0.1, 0.15) is 31.0 Å². The largest absolute Gasteiger partial charge is 0.493 e. The van der Waals surface area contributed by atoms with Gasteiger partial charge in [-0.1, -0.05) is 18.5 Å². The summed E-state index contributed by atoms with van der Waals surface area (Å²) >= 11 is 0. The van der Waals surface area contributed by atoms with Gasteiger partial charge in [0.25, 0.3) is 0 Å². The number of hydrogen-bond donors (Lipinski definition) is 2. The predicted molar refractivity (Wildman–Crippen MR) is 89.8 cm³/mol. The van der Waals surface area contributed by atoms with Gasteiger partial charge in [-0.05, 0) is 25.0 Å². The molecule has 7 nitrogen and oxygen atoms in total. The first-order chi connectivity index (χ1) is 12.8. The van der Waals surface area contributed by atoms with Gasteiger partial charge in [-0.2, -0.15) is 13.2 Å². The molecule has 3 aromatic rings. The number of fused-ring (bicyclic) bond motifs is 1. The van der Waals surface area contributed by atoms with Crippen LogP contribution in [0.15, 0.2) is 27.6 Å². The molecule has 2 heterocycles. The number of nitrogens with zero attached hydrogens (tertiary/aromatic N) is 2. The molecule has 27 heavy (non-hydrogen) atoms. The van der Waals surface area contributed by atoms with E-state index in [4.69, 9.17) is 9.26 Å². The van der Waals surface area contributed by atoms with Gasteiger partial charge in [-0.3, -0.25) is 4.57 Å². The lowest BCUT2D eigenvalue weighted by Gasteiger charge is -2.12. The van der Waals surface area contributed by atoms with Crippen molar-refractivity contribution >= 4 is 11.0 Å². The van der Waals surface area contributed by atoms with Gasteiger partial charge in [0.1, 0.15) is 5.75 Å². The number of aromatic hydroxyl groups is 1. The molecule has 0 unspecified atom stereocenters. The molecular formula is C17H18F3N3O4. The minimum absolute atomic E-state index is 0.0705. The van der Waals surface area contributed by atoms with Gasteiger partial charge < -0.3 is 19.4 Å². The van der Waals surface area contributed by atoms with Crippen LogP contribution in [0.4, 0.5) is 13.2 Å². The van der Waals surface area contributed by atoms with Crippen molar-refractivity contribution in [2.75, 3.05) is 6.61 Å². The van der Waals surface area contributed by atoms with Crippen molar-refractivity contribution in [3.05, 3.63) is 40.1 Å². The average Bonchev–Trinajstić information content (AvgIpc) is 3.18. The lowest BCUT2D eigenvalue weighted by Crippen LogP contribution is -2.18. The number of aromatic nitrogens is 3. The van der Waals surface area contributed by atoms with E-state index in [0.717, 1.165) is 4.57 Å². The molecule has 0 spiro atoms. The Morgan fingerprint density at radius 1 is 1.37 bits per heavy atom. The number of rotatable bonds is 7. The highest BCUT2D eigenvalue weighted by Crippen LogP contribution is 2.38. The lowest BCUT2D eigenvalue weighted by atomic mass is 10.0. The quantitative estimate of drug-likeness (QED) is 0.608. The molecule has 0 radical (unpaired) electrons. The summed E-state index contributed by atoms with van der Waals surface area (Å²) in [5.74, 6) is 0.245. The molecule has 3 rings (SSSR count). The van der Waals surface area contributed by atoms with Crippen LogP contribution < -0.4 is 10.4 Å². The molecule has 0 bridgehead atoms. The fraction of sp³-hybridized carbons (Fsp3) is 0.412. The molecule has 0 aliphatic rings. The molecular weight excluding hydrogens is 367 g/mol. The fourth-order valence-electron chi connectivity index (χ4n) is 2.87. The Hall–Kier alpha value is -2.91. The molecule has 2 N–H and O–H groups in total. The van der Waals surface area contributed by atoms with Gasteiger partial charge in [0.15, 0.2) is 11.3 Å². The summed E-state index contributed by atoms with van der Waals surface area (Å²) in [7, 11) is 0. The highest BCUT2D eigenvalue weighted by Gasteiger charge is 2.37. The van der Waals surface area contributed by atoms with Crippen molar-refractivity contribution in [2.24, 2.45) is 0 Å². The third-order valence-corrected chi connectivity index (χ3v) is 4.10. The minimum Gasteiger partial charge on any atom is -0.493 e. The SMILES string of the molecule is CCCc1c(OCCCn2c(O)c[nH]c2=O)ccc2c(C(F)(F)F)noc12. The molecule has 0 atom stereocenters. The van der Waals surface area contributed by atoms with E-state index < -0.39 is 17.6 Å². The molecule has 1 aromatic carbocycles. The van der Waals surface area contributed by atoms with Crippen molar-refractivity contribution in [1.29, 1.82) is 0 Å².